The van der Waals surface area contributed by atoms with Gasteiger partial charge < -0.3 is 14.8 Å². The number of ether oxygens (including phenoxy) is 2. The molecule has 0 aliphatic carbocycles. The minimum absolute atomic E-state index is 0.143. The number of carbonyl (C=O) groups is 1. The molecule has 1 aromatic rings. The van der Waals surface area contributed by atoms with Crippen molar-refractivity contribution in [3.8, 4) is 6.07 Å². The van der Waals surface area contributed by atoms with E-state index in [4.69, 9.17) is 14.7 Å². The lowest BCUT2D eigenvalue weighted by Crippen LogP contribution is -2.27. The second-order valence-electron chi connectivity index (χ2n) is 4.73. The van der Waals surface area contributed by atoms with Crippen molar-refractivity contribution in [2.75, 3.05) is 19.8 Å². The molecule has 1 rings (SSSR count). The van der Waals surface area contributed by atoms with Crippen LogP contribution in [0.2, 0.25) is 0 Å². The van der Waals surface area contributed by atoms with E-state index in [1.807, 2.05) is 19.9 Å². The predicted molar refractivity (Wildman–Crippen MR) is 84.4 cm³/mol. The van der Waals surface area contributed by atoms with Crippen LogP contribution in [0.25, 0.3) is 0 Å². The number of nitriles is 1. The first kappa shape index (κ1) is 18.1. The molecule has 1 aromatic carbocycles. The van der Waals surface area contributed by atoms with Crippen molar-refractivity contribution in [3.05, 3.63) is 35.4 Å². The van der Waals surface area contributed by atoms with E-state index in [0.717, 1.165) is 18.4 Å². The molecule has 22 heavy (non-hydrogen) atoms. The Morgan fingerprint density at radius 3 is 2.59 bits per heavy atom. The summed E-state index contributed by atoms with van der Waals surface area (Å²) in [5.74, 6) is -0.143. The highest BCUT2D eigenvalue weighted by Gasteiger charge is 2.11. The molecule has 0 aliphatic heterocycles. The first-order valence-electron chi connectivity index (χ1n) is 7.69. The number of hydrogen-bond donors (Lipinski definition) is 1. The molecule has 0 aromatic heterocycles. The first-order valence-corrected chi connectivity index (χ1v) is 7.69. The van der Waals surface area contributed by atoms with Crippen LogP contribution in [0.15, 0.2) is 24.3 Å². The van der Waals surface area contributed by atoms with E-state index in [1.54, 1.807) is 18.2 Å². The standard InChI is InChI=1S/C17H24N2O3/c1-3-21-16(22-4-2)10-7-13-19-17(20)15-9-6-5-8-14(15)11-12-18/h5-6,8-9,16H,3-4,7,10-11,13H2,1-2H3,(H,19,20). The van der Waals surface area contributed by atoms with Crippen molar-refractivity contribution >= 4 is 5.91 Å². The lowest BCUT2D eigenvalue weighted by atomic mass is 10.0. The average Bonchev–Trinajstić information content (AvgIpc) is 2.52. The number of amides is 1. The third-order valence-corrected chi connectivity index (χ3v) is 3.14. The summed E-state index contributed by atoms with van der Waals surface area (Å²) in [5, 5.41) is 11.7. The normalized spacial score (nSPS) is 10.5. The van der Waals surface area contributed by atoms with Crippen LogP contribution < -0.4 is 5.32 Å². The summed E-state index contributed by atoms with van der Waals surface area (Å²) in [6.45, 7) is 5.63. The van der Waals surface area contributed by atoms with E-state index in [0.29, 0.717) is 25.3 Å². The average molecular weight is 304 g/mol. The molecule has 0 radical (unpaired) electrons. The summed E-state index contributed by atoms with van der Waals surface area (Å²) in [6.07, 6.45) is 1.54. The van der Waals surface area contributed by atoms with Gasteiger partial charge in [-0.15, -0.1) is 0 Å². The summed E-state index contributed by atoms with van der Waals surface area (Å²) in [4.78, 5) is 12.2. The van der Waals surface area contributed by atoms with Gasteiger partial charge in [0, 0.05) is 31.7 Å². The molecule has 5 heteroatoms. The second kappa shape index (κ2) is 10.8. The molecular weight excluding hydrogens is 280 g/mol. The van der Waals surface area contributed by atoms with Crippen molar-refractivity contribution in [1.82, 2.24) is 5.32 Å². The molecular formula is C17H24N2O3. The van der Waals surface area contributed by atoms with E-state index in [1.165, 1.54) is 0 Å². The number of rotatable bonds is 10. The molecule has 0 heterocycles. The van der Waals surface area contributed by atoms with Crippen LogP contribution in [0, 0.1) is 11.3 Å². The van der Waals surface area contributed by atoms with Gasteiger partial charge in [0.2, 0.25) is 0 Å². The zero-order valence-electron chi connectivity index (χ0n) is 13.3. The van der Waals surface area contributed by atoms with Gasteiger partial charge in [0.05, 0.1) is 12.5 Å². The van der Waals surface area contributed by atoms with Gasteiger partial charge in [0.25, 0.3) is 5.91 Å². The van der Waals surface area contributed by atoms with E-state index in [2.05, 4.69) is 11.4 Å². The minimum atomic E-state index is -0.210. The van der Waals surface area contributed by atoms with Gasteiger partial charge in [-0.2, -0.15) is 5.26 Å². The van der Waals surface area contributed by atoms with Crippen LogP contribution in [0.3, 0.4) is 0 Å². The Bertz CT molecular complexity index is 491. The molecule has 0 spiro atoms. The summed E-state index contributed by atoms with van der Waals surface area (Å²) in [5.41, 5.74) is 1.32. The first-order chi connectivity index (χ1) is 10.7. The topological polar surface area (TPSA) is 71.3 Å². The Morgan fingerprint density at radius 1 is 1.27 bits per heavy atom. The quantitative estimate of drug-likeness (QED) is 0.533. The van der Waals surface area contributed by atoms with Crippen molar-refractivity contribution in [2.24, 2.45) is 0 Å². The van der Waals surface area contributed by atoms with Gasteiger partial charge >= 0.3 is 0 Å². The van der Waals surface area contributed by atoms with Crippen LogP contribution in [0.4, 0.5) is 0 Å². The van der Waals surface area contributed by atoms with Gasteiger partial charge in [-0.25, -0.2) is 0 Å². The SMILES string of the molecule is CCOC(CCCNC(=O)c1ccccc1CC#N)OCC. The van der Waals surface area contributed by atoms with Crippen LogP contribution in [0.1, 0.15) is 42.6 Å². The summed E-state index contributed by atoms with van der Waals surface area (Å²) in [6, 6.07) is 9.25. The molecule has 5 nitrogen and oxygen atoms in total. The molecule has 120 valence electrons. The van der Waals surface area contributed by atoms with Crippen LogP contribution in [0.5, 0.6) is 0 Å². The van der Waals surface area contributed by atoms with E-state index < -0.39 is 0 Å². The van der Waals surface area contributed by atoms with E-state index in [-0.39, 0.29) is 18.6 Å². The molecule has 0 saturated heterocycles. The van der Waals surface area contributed by atoms with Crippen molar-refractivity contribution in [2.45, 2.75) is 39.4 Å². The maximum atomic E-state index is 12.2. The highest BCUT2D eigenvalue weighted by Crippen LogP contribution is 2.09. The Kier molecular flexibility index (Phi) is 8.89. The lowest BCUT2D eigenvalue weighted by molar-refractivity contribution is -0.139. The Hall–Kier alpha value is -1.90. The molecule has 1 N–H and O–H groups in total. The zero-order valence-corrected chi connectivity index (χ0v) is 13.3. The smallest absolute Gasteiger partial charge is 0.251 e. The van der Waals surface area contributed by atoms with E-state index >= 15 is 0 Å². The van der Waals surface area contributed by atoms with Gasteiger partial charge in [-0.1, -0.05) is 18.2 Å². The highest BCUT2D eigenvalue weighted by atomic mass is 16.7. The monoisotopic (exact) mass is 304 g/mol. The molecule has 0 unspecified atom stereocenters. The fourth-order valence-electron chi connectivity index (χ4n) is 2.13. The fraction of sp³-hybridized carbons (Fsp3) is 0.529. The minimum Gasteiger partial charge on any atom is -0.353 e. The molecule has 0 atom stereocenters. The summed E-state index contributed by atoms with van der Waals surface area (Å²) in [7, 11) is 0. The van der Waals surface area contributed by atoms with Crippen LogP contribution in [-0.4, -0.2) is 32.0 Å². The third-order valence-electron chi connectivity index (χ3n) is 3.14. The largest absolute Gasteiger partial charge is 0.353 e. The molecule has 0 aliphatic rings. The van der Waals surface area contributed by atoms with Crippen molar-refractivity contribution < 1.29 is 14.3 Å². The van der Waals surface area contributed by atoms with Gasteiger partial charge in [-0.05, 0) is 31.9 Å². The highest BCUT2D eigenvalue weighted by molar-refractivity contribution is 5.95. The van der Waals surface area contributed by atoms with Gasteiger partial charge in [0.15, 0.2) is 6.29 Å². The van der Waals surface area contributed by atoms with Crippen LogP contribution >= 0.6 is 0 Å². The number of hydrogen-bond acceptors (Lipinski definition) is 4. The van der Waals surface area contributed by atoms with Gasteiger partial charge in [-0.3, -0.25) is 4.79 Å². The second-order valence-corrected chi connectivity index (χ2v) is 4.73. The Balaban J connectivity index is 2.42. The third kappa shape index (κ3) is 6.25. The zero-order chi connectivity index (χ0) is 16.2. The number of nitrogens with zero attached hydrogens (tertiary/aromatic N) is 1. The van der Waals surface area contributed by atoms with Gasteiger partial charge in [0.1, 0.15) is 0 Å². The molecule has 0 bridgehead atoms. The summed E-state index contributed by atoms with van der Waals surface area (Å²) >= 11 is 0. The maximum Gasteiger partial charge on any atom is 0.251 e. The van der Waals surface area contributed by atoms with Crippen molar-refractivity contribution in [1.29, 1.82) is 5.26 Å². The molecule has 0 saturated carbocycles. The Labute approximate surface area is 132 Å². The number of benzene rings is 1. The molecule has 0 fully saturated rings. The maximum absolute atomic E-state index is 12.2. The lowest BCUT2D eigenvalue weighted by Gasteiger charge is -2.16. The fourth-order valence-corrected chi connectivity index (χ4v) is 2.13. The van der Waals surface area contributed by atoms with Crippen molar-refractivity contribution in [3.63, 3.8) is 0 Å². The van der Waals surface area contributed by atoms with Crippen LogP contribution in [-0.2, 0) is 15.9 Å². The molecule has 1 amide bonds. The number of nitrogens with one attached hydrogen (secondary N) is 1. The number of carbonyl (C=O) groups excluding carboxylic acids is 1. The van der Waals surface area contributed by atoms with E-state index in [9.17, 15) is 4.79 Å². The summed E-state index contributed by atoms with van der Waals surface area (Å²) < 4.78 is 10.9. The Morgan fingerprint density at radius 2 is 1.95 bits per heavy atom. The predicted octanol–water partition coefficient (Wildman–Crippen LogP) is 2.66.